The van der Waals surface area contributed by atoms with Crippen LogP contribution in [0.5, 0.6) is 0 Å². The van der Waals surface area contributed by atoms with E-state index in [1.54, 1.807) is 0 Å². The number of fused-ring (bicyclic) bond motifs is 1. The summed E-state index contributed by atoms with van der Waals surface area (Å²) in [6.45, 7) is 1.53. The number of ether oxygens (including phenoxy) is 1. The van der Waals surface area contributed by atoms with Crippen molar-refractivity contribution in [1.82, 2.24) is 0 Å². The smallest absolute Gasteiger partial charge is 0.418 e. The van der Waals surface area contributed by atoms with Gasteiger partial charge in [0.1, 0.15) is 6.10 Å². The molecule has 0 aliphatic heterocycles. The molecule has 1 aliphatic rings. The van der Waals surface area contributed by atoms with Gasteiger partial charge in [0.25, 0.3) is 0 Å². The molecule has 1 atom stereocenters. The fraction of sp³-hybridized carbons (Fsp3) is 0.364. The molecule has 0 bridgehead atoms. The number of benzene rings is 1. The largest absolute Gasteiger partial charge is 0.449 e. The Morgan fingerprint density at radius 2 is 2.23 bits per heavy atom. The number of carbonyl (C=O) groups excluding carboxylic acids is 1. The molecular formula is C11H11O2. The topological polar surface area (TPSA) is 26.3 Å². The first kappa shape index (κ1) is 8.30. The van der Waals surface area contributed by atoms with Crippen molar-refractivity contribution in [3.8, 4) is 0 Å². The third kappa shape index (κ3) is 1.57. The first-order valence-electron chi connectivity index (χ1n) is 4.52. The summed E-state index contributed by atoms with van der Waals surface area (Å²) in [5.74, 6) is 0. The van der Waals surface area contributed by atoms with Crippen LogP contribution in [-0.4, -0.2) is 6.47 Å². The molecule has 0 spiro atoms. The Bertz CT molecular complexity index is 307. The molecule has 1 aliphatic carbocycles. The zero-order valence-electron chi connectivity index (χ0n) is 7.32. The van der Waals surface area contributed by atoms with Crippen LogP contribution < -0.4 is 0 Å². The molecule has 67 valence electrons. The highest BCUT2D eigenvalue weighted by Crippen LogP contribution is 2.31. The first-order valence-corrected chi connectivity index (χ1v) is 4.52. The second kappa shape index (κ2) is 3.60. The highest BCUT2D eigenvalue weighted by molar-refractivity contribution is 5.41. The number of hydrogen-bond acceptors (Lipinski definition) is 2. The average Bonchev–Trinajstić information content (AvgIpc) is 2.19. The molecule has 1 unspecified atom stereocenters. The van der Waals surface area contributed by atoms with E-state index in [2.05, 4.69) is 6.07 Å². The molecule has 2 heteroatoms. The van der Waals surface area contributed by atoms with Crippen LogP contribution in [0.15, 0.2) is 24.3 Å². The molecule has 0 saturated carbocycles. The Morgan fingerprint density at radius 1 is 1.38 bits per heavy atom. The van der Waals surface area contributed by atoms with Crippen LogP contribution in [-0.2, 0) is 16.0 Å². The van der Waals surface area contributed by atoms with Crippen molar-refractivity contribution in [1.29, 1.82) is 0 Å². The van der Waals surface area contributed by atoms with E-state index in [1.165, 1.54) is 12.0 Å². The third-order valence-electron chi connectivity index (χ3n) is 2.50. The van der Waals surface area contributed by atoms with Crippen LogP contribution in [0.25, 0.3) is 0 Å². The fourth-order valence-corrected chi connectivity index (χ4v) is 1.89. The number of rotatable bonds is 2. The van der Waals surface area contributed by atoms with E-state index in [4.69, 9.17) is 4.74 Å². The standard InChI is InChI=1S/C11H11O2/c12-8-13-11-7-3-5-9-4-1-2-6-10(9)11/h1-2,4,6,11H,3,5,7H2. The summed E-state index contributed by atoms with van der Waals surface area (Å²) in [4.78, 5) is 10.1. The van der Waals surface area contributed by atoms with Crippen LogP contribution in [0.2, 0.25) is 0 Å². The van der Waals surface area contributed by atoms with Gasteiger partial charge in [-0.1, -0.05) is 24.3 Å². The Balaban J connectivity index is 2.31. The third-order valence-corrected chi connectivity index (χ3v) is 2.50. The summed E-state index contributed by atoms with van der Waals surface area (Å²) in [7, 11) is 0. The van der Waals surface area contributed by atoms with E-state index >= 15 is 0 Å². The lowest BCUT2D eigenvalue weighted by Crippen LogP contribution is -2.11. The molecule has 0 aromatic heterocycles. The van der Waals surface area contributed by atoms with Gasteiger partial charge < -0.3 is 4.74 Å². The summed E-state index contributed by atoms with van der Waals surface area (Å²) in [6.07, 6.45) is 3.03. The highest BCUT2D eigenvalue weighted by atomic mass is 16.5. The molecular weight excluding hydrogens is 164 g/mol. The lowest BCUT2D eigenvalue weighted by Gasteiger charge is -2.23. The van der Waals surface area contributed by atoms with Crippen molar-refractivity contribution in [2.45, 2.75) is 25.4 Å². The molecule has 2 rings (SSSR count). The first-order chi connectivity index (χ1) is 6.42. The molecule has 0 N–H and O–H groups in total. The summed E-state index contributed by atoms with van der Waals surface area (Å²) < 4.78 is 4.90. The second-order valence-corrected chi connectivity index (χ2v) is 3.28. The van der Waals surface area contributed by atoms with Crippen molar-refractivity contribution in [3.05, 3.63) is 35.4 Å². The summed E-state index contributed by atoms with van der Waals surface area (Å²) in [5, 5.41) is 0. The highest BCUT2D eigenvalue weighted by Gasteiger charge is 2.20. The van der Waals surface area contributed by atoms with Crippen LogP contribution in [0.1, 0.15) is 30.1 Å². The van der Waals surface area contributed by atoms with Crippen molar-refractivity contribution < 1.29 is 9.53 Å². The summed E-state index contributed by atoms with van der Waals surface area (Å²) in [6, 6.07) is 8.11. The van der Waals surface area contributed by atoms with Gasteiger partial charge in [0.15, 0.2) is 0 Å². The maximum Gasteiger partial charge on any atom is 0.418 e. The van der Waals surface area contributed by atoms with Crippen molar-refractivity contribution in [2.75, 3.05) is 0 Å². The molecule has 13 heavy (non-hydrogen) atoms. The van der Waals surface area contributed by atoms with Gasteiger partial charge in [-0.25, -0.2) is 4.79 Å². The molecule has 0 saturated heterocycles. The van der Waals surface area contributed by atoms with Crippen LogP contribution in [0, 0.1) is 0 Å². The Hall–Kier alpha value is -1.31. The molecule has 0 amide bonds. The van der Waals surface area contributed by atoms with Gasteiger partial charge in [-0.15, -0.1) is 0 Å². The number of aryl methyl sites for hydroxylation is 1. The van der Waals surface area contributed by atoms with Gasteiger partial charge in [0.05, 0.1) is 0 Å². The van der Waals surface area contributed by atoms with E-state index in [-0.39, 0.29) is 6.10 Å². The molecule has 2 nitrogen and oxygen atoms in total. The minimum atomic E-state index is -0.0672. The molecule has 1 radical (unpaired) electrons. The van der Waals surface area contributed by atoms with Crippen molar-refractivity contribution in [3.63, 3.8) is 0 Å². The van der Waals surface area contributed by atoms with Crippen LogP contribution >= 0.6 is 0 Å². The van der Waals surface area contributed by atoms with Crippen molar-refractivity contribution >= 4 is 6.47 Å². The van der Waals surface area contributed by atoms with Crippen LogP contribution in [0.4, 0.5) is 0 Å². The molecule has 0 heterocycles. The zero-order chi connectivity index (χ0) is 9.10. The summed E-state index contributed by atoms with van der Waals surface area (Å²) in [5.41, 5.74) is 2.45. The van der Waals surface area contributed by atoms with Crippen molar-refractivity contribution in [2.24, 2.45) is 0 Å². The quantitative estimate of drug-likeness (QED) is 0.688. The maximum atomic E-state index is 10.1. The zero-order valence-corrected chi connectivity index (χ0v) is 7.32. The van der Waals surface area contributed by atoms with Gasteiger partial charge in [0.2, 0.25) is 0 Å². The fourth-order valence-electron chi connectivity index (χ4n) is 1.89. The van der Waals surface area contributed by atoms with Gasteiger partial charge in [-0.2, -0.15) is 0 Å². The predicted octanol–water partition coefficient (Wildman–Crippen LogP) is 2.15. The monoisotopic (exact) mass is 175 g/mol. The molecule has 0 fully saturated rings. The normalized spacial score (nSPS) is 20.5. The second-order valence-electron chi connectivity index (χ2n) is 3.28. The van der Waals surface area contributed by atoms with Gasteiger partial charge >= 0.3 is 6.47 Å². The Morgan fingerprint density at radius 3 is 3.08 bits per heavy atom. The van der Waals surface area contributed by atoms with E-state index in [1.807, 2.05) is 18.2 Å². The Labute approximate surface area is 77.5 Å². The maximum absolute atomic E-state index is 10.1. The minimum absolute atomic E-state index is 0.0672. The van der Waals surface area contributed by atoms with Gasteiger partial charge in [0, 0.05) is 0 Å². The SMILES string of the molecule is O=[C]OC1CCCc2ccccc21. The predicted molar refractivity (Wildman–Crippen MR) is 48.9 cm³/mol. The lowest BCUT2D eigenvalue weighted by molar-refractivity contribution is 0.159. The van der Waals surface area contributed by atoms with Gasteiger partial charge in [-0.05, 0) is 30.4 Å². The van der Waals surface area contributed by atoms with E-state index < -0.39 is 0 Å². The lowest BCUT2D eigenvalue weighted by atomic mass is 9.89. The number of hydrogen-bond donors (Lipinski definition) is 0. The van der Waals surface area contributed by atoms with Gasteiger partial charge in [-0.3, -0.25) is 0 Å². The van der Waals surface area contributed by atoms with E-state index in [0.717, 1.165) is 24.8 Å². The van der Waals surface area contributed by atoms with E-state index in [0.29, 0.717) is 0 Å². The Kier molecular flexibility index (Phi) is 2.30. The summed E-state index contributed by atoms with van der Waals surface area (Å²) >= 11 is 0. The average molecular weight is 175 g/mol. The van der Waals surface area contributed by atoms with E-state index in [9.17, 15) is 4.79 Å². The molecule has 1 aromatic carbocycles. The molecule has 1 aromatic rings. The minimum Gasteiger partial charge on any atom is -0.449 e. The van der Waals surface area contributed by atoms with Crippen LogP contribution in [0.3, 0.4) is 0 Å².